The maximum atomic E-state index is 11.5. The van der Waals surface area contributed by atoms with E-state index in [4.69, 9.17) is 15.0 Å². The van der Waals surface area contributed by atoms with Gasteiger partial charge in [0.25, 0.3) is 0 Å². The van der Waals surface area contributed by atoms with E-state index in [0.29, 0.717) is 11.2 Å². The molecular weight excluding hydrogens is 322 g/mol. The number of hydrogen-bond donors (Lipinski definition) is 3. The van der Waals surface area contributed by atoms with Crippen molar-refractivity contribution in [3.05, 3.63) is 12.7 Å². The van der Waals surface area contributed by atoms with E-state index in [9.17, 15) is 14.6 Å². The van der Waals surface area contributed by atoms with Crippen LogP contribution in [-0.2, 0) is 18.3 Å². The van der Waals surface area contributed by atoms with Gasteiger partial charge < -0.3 is 20.5 Å². The maximum absolute atomic E-state index is 11.5. The number of rotatable bonds is 1. The van der Waals surface area contributed by atoms with Gasteiger partial charge in [0.2, 0.25) is 0 Å². The molecule has 0 aromatic carbocycles. The molecule has 0 amide bonds. The van der Waals surface area contributed by atoms with Gasteiger partial charge in [-0.15, -0.1) is 0 Å². The number of imidazole rings is 1. The standard InChI is InChI=1S/C10H12N5O6P/c11-8-5-9(13-2-12-8)15(3-14-5)10-6(16)7-4(20-10)1-19-22(17,18)21-7/h2-4,6-7,10,16H,1H2,(H,17,18)(H2,11,12,13)/t4-,6-,7-,10-/m1/s1/i1+1,4+1,6+1,7+1,10+1. The molecule has 2 aliphatic heterocycles. The quantitative estimate of drug-likeness (QED) is 0.445. The van der Waals surface area contributed by atoms with E-state index in [2.05, 4.69) is 19.5 Å². The number of aliphatic hydroxyl groups is 1. The Morgan fingerprint density at radius 3 is 3.05 bits per heavy atom. The molecule has 22 heavy (non-hydrogen) atoms. The lowest BCUT2D eigenvalue weighted by atomic mass is 10.5. The van der Waals surface area contributed by atoms with Gasteiger partial charge >= 0.3 is 7.82 Å². The number of anilines is 1. The summed E-state index contributed by atoms with van der Waals surface area (Å²) in [4.78, 5) is 21.3. The summed E-state index contributed by atoms with van der Waals surface area (Å²) < 4.78 is 28.2. The zero-order valence-electron chi connectivity index (χ0n) is 11.0. The summed E-state index contributed by atoms with van der Waals surface area (Å²) in [5, 5.41) is 10.4. The van der Waals surface area contributed by atoms with Crippen molar-refractivity contribution < 1.29 is 28.3 Å². The van der Waals surface area contributed by atoms with E-state index in [1.807, 2.05) is 0 Å². The predicted octanol–water partition coefficient (Wildman–Crippen LogP) is -0.817. The zero-order valence-corrected chi connectivity index (χ0v) is 11.9. The van der Waals surface area contributed by atoms with Crippen LogP contribution in [0.25, 0.3) is 11.2 Å². The van der Waals surface area contributed by atoms with Crippen molar-refractivity contribution in [3.63, 3.8) is 0 Å². The van der Waals surface area contributed by atoms with Crippen molar-refractivity contribution in [1.29, 1.82) is 0 Å². The lowest BCUT2D eigenvalue weighted by molar-refractivity contribution is -0.0664. The Hall–Kier alpha value is -1.62. The van der Waals surface area contributed by atoms with Crippen molar-refractivity contribution in [1.82, 2.24) is 19.5 Å². The molecule has 0 bridgehead atoms. The van der Waals surface area contributed by atoms with E-state index in [1.165, 1.54) is 17.2 Å². The highest BCUT2D eigenvalue weighted by atomic mass is 31.2. The van der Waals surface area contributed by atoms with Crippen molar-refractivity contribution in [2.24, 2.45) is 0 Å². The summed E-state index contributed by atoms with van der Waals surface area (Å²) in [6.45, 7) is -0.157. The molecule has 11 nitrogen and oxygen atoms in total. The maximum Gasteiger partial charge on any atom is 0.472 e. The fourth-order valence-electron chi connectivity index (χ4n) is 2.62. The summed E-state index contributed by atoms with van der Waals surface area (Å²) in [6.07, 6.45) is -1.07. The number of phosphoric acid groups is 1. The smallest absolute Gasteiger partial charge is 0.386 e. The molecule has 0 saturated carbocycles. The second-order valence-corrected chi connectivity index (χ2v) is 6.38. The molecule has 2 fully saturated rings. The lowest BCUT2D eigenvalue weighted by Crippen LogP contribution is -2.39. The number of nitrogen functional groups attached to an aromatic ring is 1. The van der Waals surface area contributed by atoms with Gasteiger partial charge in [0.15, 0.2) is 17.7 Å². The SMILES string of the molecule is Nc1ncnc2c1ncn2[13C@@H]1O[13C@@H]2[13CH2]OP(=O)(O)O[13C@H]2[13C@H]1O. The van der Waals surface area contributed by atoms with Crippen LogP contribution in [0.2, 0.25) is 0 Å². The molecule has 5 atom stereocenters. The van der Waals surface area contributed by atoms with Gasteiger partial charge in [0.1, 0.15) is 30.2 Å². The summed E-state index contributed by atoms with van der Waals surface area (Å²) in [6, 6.07) is 0. The first-order valence-corrected chi connectivity index (χ1v) is 7.88. The third-order valence-corrected chi connectivity index (χ3v) is 4.61. The van der Waals surface area contributed by atoms with Gasteiger partial charge in [-0.3, -0.25) is 13.6 Å². The highest BCUT2D eigenvalue weighted by molar-refractivity contribution is 7.47. The third kappa shape index (κ3) is 2.02. The molecule has 118 valence electrons. The summed E-state index contributed by atoms with van der Waals surface area (Å²) in [7, 11) is -4.16. The van der Waals surface area contributed by atoms with Gasteiger partial charge in [0, 0.05) is 0 Å². The van der Waals surface area contributed by atoms with Gasteiger partial charge in [-0.2, -0.15) is 0 Å². The van der Waals surface area contributed by atoms with Crippen molar-refractivity contribution in [2.75, 3.05) is 12.3 Å². The van der Waals surface area contributed by atoms with Crippen LogP contribution in [0.4, 0.5) is 5.82 Å². The molecule has 1 unspecified atom stereocenters. The largest absolute Gasteiger partial charge is 0.472 e. The van der Waals surface area contributed by atoms with E-state index < -0.39 is 32.4 Å². The number of fused-ring (bicyclic) bond motifs is 2. The number of ether oxygens (including phenoxy) is 1. The van der Waals surface area contributed by atoms with E-state index in [-0.39, 0.29) is 12.4 Å². The van der Waals surface area contributed by atoms with Crippen LogP contribution in [0.5, 0.6) is 0 Å². The third-order valence-electron chi connectivity index (χ3n) is 3.63. The molecule has 2 saturated heterocycles. The monoisotopic (exact) mass is 334 g/mol. The average Bonchev–Trinajstić information content (AvgIpc) is 3.01. The Morgan fingerprint density at radius 2 is 2.23 bits per heavy atom. The summed E-state index contributed by atoms with van der Waals surface area (Å²) >= 11 is 0. The number of nitrogens with two attached hydrogens (primary N) is 1. The van der Waals surface area contributed by atoms with Crippen LogP contribution in [0.1, 0.15) is 6.23 Å². The topological polar surface area (TPSA) is 155 Å². The molecule has 12 heteroatoms. The van der Waals surface area contributed by atoms with Gasteiger partial charge in [-0.25, -0.2) is 19.5 Å². The van der Waals surface area contributed by atoms with Crippen LogP contribution in [0.3, 0.4) is 0 Å². The molecule has 0 spiro atoms. The number of phosphoric ester groups is 1. The van der Waals surface area contributed by atoms with Gasteiger partial charge in [-0.05, 0) is 0 Å². The number of aromatic nitrogens is 4. The van der Waals surface area contributed by atoms with Crippen LogP contribution in [0.15, 0.2) is 12.7 Å². The molecule has 2 aliphatic rings. The second kappa shape index (κ2) is 4.69. The highest BCUT2D eigenvalue weighted by Gasteiger charge is 2.52. The number of hydrogen-bond acceptors (Lipinski definition) is 9. The first kappa shape index (κ1) is 14.0. The number of nitrogens with zero attached hydrogens (tertiary/aromatic N) is 4. The van der Waals surface area contributed by atoms with Crippen molar-refractivity contribution in [3.8, 4) is 0 Å². The Kier molecular flexibility index (Phi) is 2.98. The zero-order chi connectivity index (χ0) is 15.5. The van der Waals surface area contributed by atoms with E-state index in [0.717, 1.165) is 0 Å². The minimum absolute atomic E-state index is 0.157. The van der Waals surface area contributed by atoms with Crippen molar-refractivity contribution in [2.45, 2.75) is 24.5 Å². The first-order chi connectivity index (χ1) is 10.5. The second-order valence-electron chi connectivity index (χ2n) is 4.97. The molecule has 4 N–H and O–H groups in total. The average molecular weight is 334 g/mol. The molecule has 2 aromatic heterocycles. The fourth-order valence-corrected chi connectivity index (χ4v) is 3.59. The lowest BCUT2D eigenvalue weighted by Gasteiger charge is -2.27. The molecule has 0 radical (unpaired) electrons. The van der Waals surface area contributed by atoms with Gasteiger partial charge in [-0.1, -0.05) is 0 Å². The Balaban J connectivity index is 1.71. The first-order valence-electron chi connectivity index (χ1n) is 6.38. The van der Waals surface area contributed by atoms with Crippen molar-refractivity contribution >= 4 is 24.8 Å². The van der Waals surface area contributed by atoms with Crippen LogP contribution < -0.4 is 5.73 Å². The summed E-state index contributed by atoms with van der Waals surface area (Å²) in [5.41, 5.74) is 6.46. The number of aliphatic hydroxyl groups excluding tert-OH is 1. The molecule has 4 rings (SSSR count). The van der Waals surface area contributed by atoms with E-state index in [1.54, 1.807) is 0 Å². The van der Waals surface area contributed by atoms with Crippen LogP contribution in [0, 0.1) is 0 Å². The minimum Gasteiger partial charge on any atom is -0.386 e. The molecular formula is C10H12N5O6P. The van der Waals surface area contributed by atoms with Gasteiger partial charge in [0.05, 0.1) is 12.9 Å². The van der Waals surface area contributed by atoms with Crippen LogP contribution >= 0.6 is 7.82 Å². The Morgan fingerprint density at radius 1 is 1.41 bits per heavy atom. The van der Waals surface area contributed by atoms with E-state index >= 15 is 0 Å². The molecule has 2 aromatic rings. The normalized spacial score (nSPS) is 38.3. The fraction of sp³-hybridized carbons (Fsp3) is 0.500. The highest BCUT2D eigenvalue weighted by Crippen LogP contribution is 2.52. The Bertz CT molecular complexity index is 782. The minimum atomic E-state index is -4.16. The summed E-state index contributed by atoms with van der Waals surface area (Å²) in [5.74, 6) is 0.202. The molecule has 0 aliphatic carbocycles. The molecule has 4 heterocycles. The predicted molar refractivity (Wildman–Crippen MR) is 70.3 cm³/mol. The Labute approximate surface area is 123 Å². The van der Waals surface area contributed by atoms with Crippen LogP contribution in [-0.4, -0.2) is 54.4 Å².